The lowest BCUT2D eigenvalue weighted by atomic mass is 9.81. The van der Waals surface area contributed by atoms with Gasteiger partial charge in [-0.3, -0.25) is 4.55 Å². The topological polar surface area (TPSA) is 173 Å². The predicted octanol–water partition coefficient (Wildman–Crippen LogP) is 6.52. The first-order chi connectivity index (χ1) is 30.1. The van der Waals surface area contributed by atoms with Crippen molar-refractivity contribution in [3.05, 3.63) is 113 Å². The molecule has 16 heteroatoms. The van der Waals surface area contributed by atoms with E-state index < -0.39 is 42.8 Å². The number of quaternary nitrogens is 2. The molecule has 352 valence electrons. The third-order valence-electron chi connectivity index (χ3n) is 12.9. The van der Waals surface area contributed by atoms with Gasteiger partial charge in [0.2, 0.25) is 5.69 Å². The van der Waals surface area contributed by atoms with Gasteiger partial charge in [0.1, 0.15) is 6.04 Å². The number of hydrogen-bond acceptors (Lipinski definition) is 8. The molecule has 3 heterocycles. The first-order valence-corrected chi connectivity index (χ1v) is 25.7. The average Bonchev–Trinajstić information content (AvgIpc) is 3.83. The quantitative estimate of drug-likeness (QED) is 0.0626. The molecule has 0 radical (unpaired) electrons. The maximum Gasteiger partial charge on any atom is 0.326 e. The molecule has 1 aliphatic carbocycles. The molecule has 0 saturated carbocycles. The summed E-state index contributed by atoms with van der Waals surface area (Å²) in [5, 5.41) is 14.1. The second kappa shape index (κ2) is 18.4. The largest absolute Gasteiger partial charge is 0.480 e. The van der Waals surface area contributed by atoms with Crippen molar-refractivity contribution in [3.63, 3.8) is 0 Å². The van der Waals surface area contributed by atoms with Gasteiger partial charge in [-0.15, -0.1) is 0 Å². The Hall–Kier alpha value is -4.87. The Morgan fingerprint density at radius 2 is 1.57 bits per heavy atom. The fourth-order valence-electron chi connectivity index (χ4n) is 9.38. The molecule has 0 saturated heterocycles. The standard InChI is InChI=1S/C49H67N7O7S2/c1-48(2)39-30-37(64(11,59)60)19-21-42(39)53(25-13-27-55(5,6)7)44(48)23-17-34-15-12-16-35(46(34)52-41(47(57)58)29-36-32-50-33-51-36)18-24-45-49(3,4)40-31-38(65(61,62)63)20-22-43(40)54(45)26-14-28-56(8,9)10/h17-24,30-33,41H,12-16,25-29H2,1-11H3,(H-2,50,51,57,58,61,62,63)/p+3. The number of carboxylic acid groups (broad SMARTS) is 1. The number of nitrogens with zero attached hydrogens (tertiary/aromatic N) is 5. The van der Waals surface area contributed by atoms with Gasteiger partial charge >= 0.3 is 5.97 Å². The van der Waals surface area contributed by atoms with Gasteiger partial charge in [-0.25, -0.2) is 18.2 Å². The number of fused-ring (bicyclic) bond motifs is 2. The maximum atomic E-state index is 13.0. The van der Waals surface area contributed by atoms with Gasteiger partial charge in [0.15, 0.2) is 22.1 Å². The van der Waals surface area contributed by atoms with Crippen molar-refractivity contribution in [2.75, 3.05) is 79.6 Å². The third-order valence-corrected chi connectivity index (χ3v) is 14.8. The molecular formula is C49H70N7O7S2+3. The fourth-order valence-corrected chi connectivity index (χ4v) is 10.5. The highest BCUT2D eigenvalue weighted by atomic mass is 32.2. The molecule has 0 spiro atoms. The van der Waals surface area contributed by atoms with E-state index in [4.69, 9.17) is 0 Å². The van der Waals surface area contributed by atoms with Crippen LogP contribution in [-0.4, -0.2) is 142 Å². The van der Waals surface area contributed by atoms with Crippen molar-refractivity contribution in [1.29, 1.82) is 0 Å². The summed E-state index contributed by atoms with van der Waals surface area (Å²) < 4.78 is 64.1. The number of carboxylic acids is 1. The van der Waals surface area contributed by atoms with E-state index in [0.29, 0.717) is 25.1 Å². The van der Waals surface area contributed by atoms with Crippen molar-refractivity contribution >= 4 is 43.0 Å². The SMILES string of the molecule is CC1(C)C(=CC=C2CCCC(C=CC3=[N+](CCC[N+](C)(C)C)c4ccc(S(C)(=O)=O)cc4C3(C)C)=C2NC(Cc2cnc[nH]2)C(=O)O)N(CCC[N+](C)(C)C)c2ccc(S(=O)(=O)O)cc21. The Kier molecular flexibility index (Phi) is 14.1. The number of imidazole rings is 1. The summed E-state index contributed by atoms with van der Waals surface area (Å²) >= 11 is 0. The van der Waals surface area contributed by atoms with Gasteiger partial charge in [-0.05, 0) is 86.2 Å². The molecule has 1 aromatic heterocycles. The number of nitrogens with one attached hydrogen (secondary N) is 2. The van der Waals surface area contributed by atoms with E-state index in [1.165, 1.54) is 18.6 Å². The molecule has 1 unspecified atom stereocenters. The van der Waals surface area contributed by atoms with Crippen LogP contribution in [0.15, 0.2) is 106 Å². The normalized spacial score (nSPS) is 19.4. The Labute approximate surface area is 386 Å². The Balaban J connectivity index is 1.50. The smallest absolute Gasteiger partial charge is 0.326 e. The number of anilines is 1. The highest BCUT2D eigenvalue weighted by Gasteiger charge is 2.45. The van der Waals surface area contributed by atoms with Crippen molar-refractivity contribution < 1.29 is 44.8 Å². The average molecular weight is 933 g/mol. The highest BCUT2D eigenvalue weighted by molar-refractivity contribution is 7.90. The van der Waals surface area contributed by atoms with Crippen LogP contribution in [0.1, 0.15) is 76.6 Å². The molecule has 0 amide bonds. The van der Waals surface area contributed by atoms with Crippen molar-refractivity contribution in [2.45, 2.75) is 92.9 Å². The van der Waals surface area contributed by atoms with Crippen molar-refractivity contribution in [3.8, 4) is 0 Å². The fraction of sp³-hybridized carbons (Fsp3) is 0.490. The van der Waals surface area contributed by atoms with E-state index in [-0.39, 0.29) is 16.2 Å². The zero-order valence-electron chi connectivity index (χ0n) is 40.1. The number of aliphatic carboxylic acids is 1. The molecular weight excluding hydrogens is 863 g/mol. The zero-order valence-corrected chi connectivity index (χ0v) is 41.7. The van der Waals surface area contributed by atoms with Crippen molar-refractivity contribution in [1.82, 2.24) is 15.3 Å². The molecule has 65 heavy (non-hydrogen) atoms. The van der Waals surface area contributed by atoms with Gasteiger partial charge < -0.3 is 29.3 Å². The van der Waals surface area contributed by atoms with Crippen LogP contribution in [-0.2, 0) is 42.0 Å². The minimum absolute atomic E-state index is 0.153. The number of benzene rings is 2. The van der Waals surface area contributed by atoms with E-state index >= 15 is 0 Å². The second-order valence-electron chi connectivity index (χ2n) is 20.9. The molecule has 0 bridgehead atoms. The van der Waals surface area contributed by atoms with Gasteiger partial charge in [-0.2, -0.15) is 13.0 Å². The van der Waals surface area contributed by atoms with Gasteiger partial charge in [0.25, 0.3) is 10.1 Å². The third kappa shape index (κ3) is 11.4. The van der Waals surface area contributed by atoms with Crippen LogP contribution in [0.2, 0.25) is 0 Å². The van der Waals surface area contributed by atoms with Gasteiger partial charge in [-0.1, -0.05) is 26.0 Å². The van der Waals surface area contributed by atoms with E-state index in [2.05, 4.69) is 119 Å². The Bertz CT molecular complexity index is 2700. The number of H-pyrrole nitrogens is 1. The Morgan fingerprint density at radius 1 is 0.908 bits per heavy atom. The van der Waals surface area contributed by atoms with Gasteiger partial charge in [0, 0.05) is 77.7 Å². The first kappa shape index (κ1) is 49.6. The summed E-state index contributed by atoms with van der Waals surface area (Å²) in [5.74, 6) is -1.00. The molecule has 1 atom stereocenters. The lowest BCUT2D eigenvalue weighted by Gasteiger charge is -2.30. The zero-order chi connectivity index (χ0) is 47.9. The van der Waals surface area contributed by atoms with E-state index in [1.807, 2.05) is 12.1 Å². The molecule has 2 aromatic carbocycles. The summed E-state index contributed by atoms with van der Waals surface area (Å²) in [7, 11) is 5.07. The molecule has 0 fully saturated rings. The molecule has 3 aliphatic rings. The number of carbonyl (C=O) groups is 1. The van der Waals surface area contributed by atoms with Crippen LogP contribution in [0.25, 0.3) is 0 Å². The van der Waals surface area contributed by atoms with Gasteiger partial charge in [0.05, 0.1) is 83.3 Å². The molecule has 4 N–H and O–H groups in total. The number of aromatic amines is 1. The van der Waals surface area contributed by atoms with Crippen molar-refractivity contribution in [2.24, 2.45) is 0 Å². The van der Waals surface area contributed by atoms with Crippen LogP contribution in [0, 0.1) is 0 Å². The maximum absolute atomic E-state index is 13.0. The number of rotatable bonds is 18. The highest BCUT2D eigenvalue weighted by Crippen LogP contribution is 2.49. The number of aromatic nitrogens is 2. The minimum Gasteiger partial charge on any atom is -0.480 e. The Morgan fingerprint density at radius 3 is 2.18 bits per heavy atom. The molecule has 14 nitrogen and oxygen atoms in total. The number of sulfone groups is 1. The van der Waals surface area contributed by atoms with E-state index in [0.717, 1.165) is 98.6 Å². The lowest BCUT2D eigenvalue weighted by molar-refractivity contribution is -0.871. The van der Waals surface area contributed by atoms with Crippen LogP contribution in [0.4, 0.5) is 11.4 Å². The molecule has 6 rings (SSSR count). The molecule has 3 aromatic rings. The van der Waals surface area contributed by atoms with Crippen LogP contribution in [0.3, 0.4) is 0 Å². The second-order valence-corrected chi connectivity index (χ2v) is 24.4. The minimum atomic E-state index is -4.44. The monoisotopic (exact) mass is 932 g/mol. The molecule has 2 aliphatic heterocycles. The van der Waals surface area contributed by atoms with E-state index in [1.54, 1.807) is 24.4 Å². The first-order valence-electron chi connectivity index (χ1n) is 22.4. The number of allylic oxidation sites excluding steroid dienone is 7. The summed E-state index contributed by atoms with van der Waals surface area (Å²) in [5.41, 5.74) is 7.69. The summed E-state index contributed by atoms with van der Waals surface area (Å²) in [6.45, 7) is 11.6. The van der Waals surface area contributed by atoms with Crippen LogP contribution < -0.4 is 10.2 Å². The van der Waals surface area contributed by atoms with Crippen LogP contribution >= 0.6 is 0 Å². The van der Waals surface area contributed by atoms with Crippen LogP contribution in [0.5, 0.6) is 0 Å². The summed E-state index contributed by atoms with van der Waals surface area (Å²) in [6.07, 6.45) is 16.9. The summed E-state index contributed by atoms with van der Waals surface area (Å²) in [4.78, 5) is 22.6. The summed E-state index contributed by atoms with van der Waals surface area (Å²) in [6, 6.07) is 9.24. The number of hydrogen-bond donors (Lipinski definition) is 4. The predicted molar refractivity (Wildman–Crippen MR) is 257 cm³/mol. The van der Waals surface area contributed by atoms with E-state index in [9.17, 15) is 31.3 Å². The lowest BCUT2D eigenvalue weighted by Crippen LogP contribution is -2.39.